The van der Waals surface area contributed by atoms with E-state index in [0.29, 0.717) is 38.9 Å². The lowest BCUT2D eigenvalue weighted by Crippen LogP contribution is -2.47. The molecule has 1 unspecified atom stereocenters. The Bertz CT molecular complexity index is 1140. The van der Waals surface area contributed by atoms with Gasteiger partial charge in [0.25, 0.3) is 5.91 Å². The summed E-state index contributed by atoms with van der Waals surface area (Å²) < 4.78 is 57.1. The van der Waals surface area contributed by atoms with Crippen molar-refractivity contribution in [2.24, 2.45) is 0 Å². The third-order valence-corrected chi connectivity index (χ3v) is 7.10. The molecule has 1 aromatic carbocycles. The van der Waals surface area contributed by atoms with E-state index in [2.05, 4.69) is 4.98 Å². The molecule has 7 nitrogen and oxygen atoms in total. The molecule has 1 aromatic heterocycles. The Kier molecular flexibility index (Phi) is 6.26. The predicted octanol–water partition coefficient (Wildman–Crippen LogP) is 3.07. The minimum Gasteiger partial charge on any atom is -0.477 e. The normalized spacial score (nSPS) is 20.1. The molecule has 0 spiro atoms. The second-order valence-corrected chi connectivity index (χ2v) is 10.4. The van der Waals surface area contributed by atoms with Crippen LogP contribution in [0.2, 0.25) is 5.02 Å². The van der Waals surface area contributed by atoms with Crippen LogP contribution in [-0.4, -0.2) is 62.2 Å². The van der Waals surface area contributed by atoms with Gasteiger partial charge in [-0.05, 0) is 37.1 Å². The lowest BCUT2D eigenvalue weighted by Gasteiger charge is -2.37. The van der Waals surface area contributed by atoms with Gasteiger partial charge in [-0.25, -0.2) is 22.2 Å². The van der Waals surface area contributed by atoms with Crippen LogP contribution < -0.4 is 9.64 Å². The van der Waals surface area contributed by atoms with E-state index in [4.69, 9.17) is 16.3 Å². The number of carbonyl (C=O) groups is 1. The first-order valence-electron chi connectivity index (χ1n) is 10.2. The van der Waals surface area contributed by atoms with Gasteiger partial charge in [0.2, 0.25) is 0 Å². The van der Waals surface area contributed by atoms with Crippen LogP contribution in [-0.2, 0) is 14.6 Å². The molecule has 2 fully saturated rings. The number of benzene rings is 1. The maximum Gasteiger partial charge on any atom is 0.263 e. The number of amides is 1. The van der Waals surface area contributed by atoms with Gasteiger partial charge in [0, 0.05) is 44.5 Å². The zero-order valence-electron chi connectivity index (χ0n) is 17.3. The van der Waals surface area contributed by atoms with Crippen molar-refractivity contribution in [1.82, 2.24) is 9.88 Å². The monoisotopic (exact) mass is 485 g/mol. The Morgan fingerprint density at radius 1 is 1.09 bits per heavy atom. The van der Waals surface area contributed by atoms with E-state index < -0.39 is 27.6 Å². The van der Waals surface area contributed by atoms with Crippen molar-refractivity contribution in [2.45, 2.75) is 36.3 Å². The van der Waals surface area contributed by atoms with Gasteiger partial charge >= 0.3 is 0 Å². The molecule has 2 aliphatic heterocycles. The number of halogens is 3. The van der Waals surface area contributed by atoms with Crippen LogP contribution in [0.4, 0.5) is 14.6 Å². The molecule has 32 heavy (non-hydrogen) atoms. The molecule has 0 radical (unpaired) electrons. The number of hydrogen-bond acceptors (Lipinski definition) is 6. The van der Waals surface area contributed by atoms with Gasteiger partial charge in [0.15, 0.2) is 39.1 Å². The van der Waals surface area contributed by atoms with Crippen molar-refractivity contribution < 1.29 is 26.7 Å². The fourth-order valence-electron chi connectivity index (χ4n) is 4.14. The highest BCUT2D eigenvalue weighted by molar-refractivity contribution is 7.90. The summed E-state index contributed by atoms with van der Waals surface area (Å²) >= 11 is 5.76. The maximum absolute atomic E-state index is 14.3. The molecule has 1 atom stereocenters. The molecule has 4 rings (SSSR count). The highest BCUT2D eigenvalue weighted by Gasteiger charge is 2.39. The first-order valence-corrected chi connectivity index (χ1v) is 12.4. The largest absolute Gasteiger partial charge is 0.477 e. The lowest BCUT2D eigenvalue weighted by molar-refractivity contribution is -0.135. The average Bonchev–Trinajstić information content (AvgIpc) is 3.09. The highest BCUT2D eigenvalue weighted by atomic mass is 35.5. The van der Waals surface area contributed by atoms with Crippen molar-refractivity contribution in [3.63, 3.8) is 0 Å². The van der Waals surface area contributed by atoms with Crippen LogP contribution in [0, 0.1) is 11.6 Å². The van der Waals surface area contributed by atoms with Crippen LogP contribution >= 0.6 is 11.6 Å². The van der Waals surface area contributed by atoms with E-state index in [1.165, 1.54) is 24.4 Å². The van der Waals surface area contributed by atoms with E-state index in [9.17, 15) is 22.0 Å². The number of piperidine rings is 1. The predicted molar refractivity (Wildman–Crippen MR) is 115 cm³/mol. The lowest BCUT2D eigenvalue weighted by atomic mass is 10.0. The van der Waals surface area contributed by atoms with Crippen LogP contribution in [0.5, 0.6) is 5.75 Å². The Morgan fingerprint density at radius 3 is 2.44 bits per heavy atom. The zero-order chi connectivity index (χ0) is 23.0. The molecule has 2 aromatic rings. The van der Waals surface area contributed by atoms with Crippen LogP contribution in [0.3, 0.4) is 0 Å². The summed E-state index contributed by atoms with van der Waals surface area (Å²) in [5.74, 6) is -1.45. The molecular weight excluding hydrogens is 464 g/mol. The Labute approximate surface area is 189 Å². The van der Waals surface area contributed by atoms with Crippen molar-refractivity contribution in [3.8, 4) is 5.75 Å². The molecule has 1 amide bonds. The van der Waals surface area contributed by atoms with E-state index in [1.54, 1.807) is 4.90 Å². The third-order valence-electron chi connectivity index (χ3n) is 5.78. The number of sulfone groups is 1. The Hall–Kier alpha value is -2.46. The number of nitrogens with zero attached hydrogens (tertiary/aromatic N) is 3. The first kappa shape index (κ1) is 22.7. The number of ether oxygens (including phenoxy) is 1. The number of rotatable bonds is 5. The molecule has 3 heterocycles. The minimum absolute atomic E-state index is 0.0276. The van der Waals surface area contributed by atoms with Crippen LogP contribution in [0.25, 0.3) is 0 Å². The van der Waals surface area contributed by atoms with Gasteiger partial charge in [-0.15, -0.1) is 0 Å². The van der Waals surface area contributed by atoms with Gasteiger partial charge in [-0.2, -0.15) is 0 Å². The zero-order valence-corrected chi connectivity index (χ0v) is 18.9. The Morgan fingerprint density at radius 2 is 1.81 bits per heavy atom. The number of likely N-dealkylation sites (tertiary alicyclic amines) is 1. The van der Waals surface area contributed by atoms with E-state index in [-0.39, 0.29) is 33.4 Å². The summed E-state index contributed by atoms with van der Waals surface area (Å²) in [6, 6.07) is 4.57. The van der Waals surface area contributed by atoms with E-state index in [1.807, 2.05) is 4.90 Å². The van der Waals surface area contributed by atoms with Crippen LogP contribution in [0.15, 0.2) is 35.4 Å². The fraction of sp³-hybridized carbons (Fsp3) is 0.429. The van der Waals surface area contributed by atoms with Crippen molar-refractivity contribution in [1.29, 1.82) is 0 Å². The van der Waals surface area contributed by atoms with Gasteiger partial charge < -0.3 is 14.5 Å². The maximum atomic E-state index is 14.3. The fourth-order valence-corrected chi connectivity index (χ4v) is 4.91. The van der Waals surface area contributed by atoms with Gasteiger partial charge in [0.1, 0.15) is 0 Å². The molecule has 2 aliphatic rings. The SMILES string of the molecule is CS(=O)(=O)c1ccc(OC2CCN(C3CCN(c4ncc(Cl)cc4F)CC3)C2=O)c(F)c1. The Balaban J connectivity index is 1.37. The molecule has 2 saturated heterocycles. The van der Waals surface area contributed by atoms with E-state index in [0.717, 1.165) is 12.3 Å². The summed E-state index contributed by atoms with van der Waals surface area (Å²) in [4.78, 5) is 20.4. The summed E-state index contributed by atoms with van der Waals surface area (Å²) in [6.07, 6.45) is 3.24. The number of carbonyl (C=O) groups excluding carboxylic acids is 1. The smallest absolute Gasteiger partial charge is 0.263 e. The van der Waals surface area contributed by atoms with Gasteiger partial charge in [-0.1, -0.05) is 11.6 Å². The van der Waals surface area contributed by atoms with Gasteiger partial charge in [0.05, 0.1) is 9.92 Å². The molecule has 0 saturated carbocycles. The van der Waals surface area contributed by atoms with Crippen molar-refractivity contribution in [3.05, 3.63) is 47.1 Å². The molecule has 0 aliphatic carbocycles. The first-order chi connectivity index (χ1) is 15.1. The number of pyridine rings is 1. The van der Waals surface area contributed by atoms with Crippen molar-refractivity contribution >= 4 is 33.2 Å². The quantitative estimate of drug-likeness (QED) is 0.647. The topological polar surface area (TPSA) is 79.8 Å². The second kappa shape index (κ2) is 8.82. The summed E-state index contributed by atoms with van der Waals surface area (Å²) in [7, 11) is -3.54. The summed E-state index contributed by atoms with van der Waals surface area (Å²) in [5, 5.41) is 0.234. The van der Waals surface area contributed by atoms with E-state index >= 15 is 0 Å². The molecular formula is C21H22ClF2N3O4S. The summed E-state index contributed by atoms with van der Waals surface area (Å²) in [6.45, 7) is 1.55. The third kappa shape index (κ3) is 4.66. The highest BCUT2D eigenvalue weighted by Crippen LogP contribution is 2.29. The molecule has 0 bridgehead atoms. The molecule has 172 valence electrons. The molecule has 0 N–H and O–H groups in total. The standard InChI is InChI=1S/C21H22ClF2N3O4S/c1-32(29,30)15-2-3-18(16(23)11-15)31-19-6-9-27(21(19)28)14-4-7-26(8-5-14)20-17(24)10-13(22)12-25-20/h2-3,10-12,14,19H,4-9H2,1H3. The summed E-state index contributed by atoms with van der Waals surface area (Å²) in [5.41, 5.74) is 0. The average molecular weight is 486 g/mol. The number of aromatic nitrogens is 1. The number of anilines is 1. The van der Waals surface area contributed by atoms with Crippen molar-refractivity contribution in [2.75, 3.05) is 30.8 Å². The van der Waals surface area contributed by atoms with Crippen LogP contribution in [0.1, 0.15) is 19.3 Å². The molecule has 11 heteroatoms. The number of hydrogen-bond donors (Lipinski definition) is 0. The van der Waals surface area contributed by atoms with Gasteiger partial charge in [-0.3, -0.25) is 4.79 Å². The minimum atomic E-state index is -3.54. The second-order valence-electron chi connectivity index (χ2n) is 7.97.